The van der Waals surface area contributed by atoms with Crippen molar-refractivity contribution >= 4 is 23.5 Å². The lowest BCUT2D eigenvalue weighted by Crippen LogP contribution is -2.06. The lowest BCUT2D eigenvalue weighted by atomic mass is 10.1. The van der Waals surface area contributed by atoms with Crippen LogP contribution in [0.3, 0.4) is 0 Å². The highest BCUT2D eigenvalue weighted by atomic mass is 35.5. The Kier molecular flexibility index (Phi) is 16.5. The average Bonchev–Trinajstić information content (AvgIpc) is 2.55. The Morgan fingerprint density at radius 3 is 1.65 bits per heavy atom. The summed E-state index contributed by atoms with van der Waals surface area (Å²) in [6.45, 7) is 2.81. The molecule has 23 heavy (non-hydrogen) atoms. The smallest absolute Gasteiger partial charge is 0.331 e. The van der Waals surface area contributed by atoms with Crippen LogP contribution >= 0.6 is 11.6 Å². The molecule has 0 aromatic carbocycles. The van der Waals surface area contributed by atoms with Gasteiger partial charge in [-0.2, -0.15) is 0 Å². The molecule has 0 rings (SSSR count). The average molecular weight is 347 g/mol. The van der Waals surface area contributed by atoms with Crippen LogP contribution in [0.2, 0.25) is 0 Å². The molecule has 0 aliphatic heterocycles. The van der Waals surface area contributed by atoms with Gasteiger partial charge in [-0.15, -0.1) is 11.6 Å². The van der Waals surface area contributed by atoms with Gasteiger partial charge in [0.1, 0.15) is 0 Å². The molecule has 0 atom stereocenters. The number of esters is 2. The Bertz CT molecular complexity index is 329. The zero-order valence-electron chi connectivity index (χ0n) is 14.4. The molecule has 134 valence electrons. The monoisotopic (exact) mass is 346 g/mol. The van der Waals surface area contributed by atoms with E-state index in [9.17, 15) is 9.59 Å². The van der Waals surface area contributed by atoms with Crippen LogP contribution in [0.25, 0.3) is 0 Å². The summed E-state index contributed by atoms with van der Waals surface area (Å²) in [5, 5.41) is 0. The van der Waals surface area contributed by atoms with Gasteiger partial charge in [-0.1, -0.05) is 51.9 Å². The first kappa shape index (κ1) is 22.0. The minimum atomic E-state index is -0.496. The maximum atomic E-state index is 11.4. The molecule has 0 unspecified atom stereocenters. The van der Waals surface area contributed by atoms with Crippen LogP contribution in [0.1, 0.15) is 71.1 Å². The molecular weight excluding hydrogens is 316 g/mol. The van der Waals surface area contributed by atoms with E-state index in [-0.39, 0.29) is 0 Å². The van der Waals surface area contributed by atoms with Gasteiger partial charge in [0.25, 0.3) is 0 Å². The van der Waals surface area contributed by atoms with Crippen molar-refractivity contribution in [1.29, 1.82) is 0 Å². The van der Waals surface area contributed by atoms with Gasteiger partial charge in [0.05, 0.1) is 13.2 Å². The van der Waals surface area contributed by atoms with Gasteiger partial charge in [0.15, 0.2) is 0 Å². The molecule has 0 radical (unpaired) electrons. The summed E-state index contributed by atoms with van der Waals surface area (Å²) in [7, 11) is 0. The maximum absolute atomic E-state index is 11.4. The summed E-state index contributed by atoms with van der Waals surface area (Å²) in [5.74, 6) is -0.223. The maximum Gasteiger partial charge on any atom is 0.331 e. The highest BCUT2D eigenvalue weighted by Gasteiger charge is 2.01. The van der Waals surface area contributed by atoms with Crippen molar-refractivity contribution in [1.82, 2.24) is 0 Å². The van der Waals surface area contributed by atoms with Crippen LogP contribution < -0.4 is 0 Å². The third-order valence-electron chi connectivity index (χ3n) is 3.37. The summed E-state index contributed by atoms with van der Waals surface area (Å²) in [6.07, 6.45) is 13.2. The van der Waals surface area contributed by atoms with Crippen molar-refractivity contribution in [2.24, 2.45) is 0 Å². The van der Waals surface area contributed by atoms with E-state index in [4.69, 9.17) is 21.1 Å². The minimum Gasteiger partial charge on any atom is -0.463 e. The molecule has 0 N–H and O–H groups in total. The van der Waals surface area contributed by atoms with E-state index in [1.54, 1.807) is 0 Å². The molecule has 0 aromatic heterocycles. The molecule has 0 bridgehead atoms. The molecule has 0 saturated carbocycles. The summed E-state index contributed by atoms with van der Waals surface area (Å²) in [5.41, 5.74) is 0. The SMILES string of the molecule is CCCCOC(=O)/C=C/C(=O)OCCCCCCCCCCCl. The van der Waals surface area contributed by atoms with Gasteiger partial charge in [-0.3, -0.25) is 0 Å². The Balaban J connectivity index is 3.40. The Hall–Kier alpha value is -1.03. The fraction of sp³-hybridized carbons (Fsp3) is 0.778. The first-order valence-corrected chi connectivity index (χ1v) is 9.31. The number of hydrogen-bond acceptors (Lipinski definition) is 4. The molecule has 4 nitrogen and oxygen atoms in total. The molecule has 5 heteroatoms. The quantitative estimate of drug-likeness (QED) is 0.185. The van der Waals surface area contributed by atoms with E-state index < -0.39 is 11.9 Å². The number of halogens is 1. The van der Waals surface area contributed by atoms with Gasteiger partial charge >= 0.3 is 11.9 Å². The molecule has 0 aliphatic carbocycles. The Morgan fingerprint density at radius 1 is 0.739 bits per heavy atom. The van der Waals surface area contributed by atoms with E-state index in [0.717, 1.165) is 56.6 Å². The van der Waals surface area contributed by atoms with Gasteiger partial charge in [-0.05, 0) is 19.3 Å². The van der Waals surface area contributed by atoms with Gasteiger partial charge in [0, 0.05) is 18.0 Å². The predicted octanol–water partition coefficient (Wildman–Crippen LogP) is 4.79. The number of unbranched alkanes of at least 4 members (excludes halogenated alkanes) is 8. The number of rotatable bonds is 15. The van der Waals surface area contributed by atoms with Gasteiger partial charge < -0.3 is 9.47 Å². The summed E-state index contributed by atoms with van der Waals surface area (Å²) in [6, 6.07) is 0. The van der Waals surface area contributed by atoms with Crippen LogP contribution in [0.4, 0.5) is 0 Å². The molecule has 0 aromatic rings. The first-order chi connectivity index (χ1) is 11.2. The number of alkyl halides is 1. The van der Waals surface area contributed by atoms with Crippen LogP contribution in [-0.2, 0) is 19.1 Å². The minimum absolute atomic E-state index is 0.389. The highest BCUT2D eigenvalue weighted by molar-refractivity contribution is 6.17. The fourth-order valence-electron chi connectivity index (χ4n) is 1.98. The second kappa shape index (κ2) is 17.3. The normalized spacial score (nSPS) is 10.9. The van der Waals surface area contributed by atoms with Crippen molar-refractivity contribution < 1.29 is 19.1 Å². The molecule has 0 aliphatic rings. The summed E-state index contributed by atoms with van der Waals surface area (Å²) < 4.78 is 9.93. The lowest BCUT2D eigenvalue weighted by molar-refractivity contribution is -0.140. The fourth-order valence-corrected chi connectivity index (χ4v) is 2.17. The molecule has 0 spiro atoms. The lowest BCUT2D eigenvalue weighted by Gasteiger charge is -2.03. The van der Waals surface area contributed by atoms with Crippen LogP contribution in [0.5, 0.6) is 0 Å². The predicted molar refractivity (Wildman–Crippen MR) is 93.6 cm³/mol. The molecule has 0 amide bonds. The number of ether oxygens (including phenoxy) is 2. The molecular formula is C18H31ClO4. The number of hydrogen-bond donors (Lipinski definition) is 0. The van der Waals surface area contributed by atoms with Crippen molar-refractivity contribution in [3.05, 3.63) is 12.2 Å². The zero-order chi connectivity index (χ0) is 17.2. The Labute approximate surface area is 145 Å². The van der Waals surface area contributed by atoms with Crippen molar-refractivity contribution in [2.45, 2.75) is 71.1 Å². The number of carbonyl (C=O) groups excluding carboxylic acids is 2. The largest absolute Gasteiger partial charge is 0.463 e. The molecule has 0 fully saturated rings. The van der Waals surface area contributed by atoms with E-state index >= 15 is 0 Å². The molecule has 0 saturated heterocycles. The van der Waals surface area contributed by atoms with Gasteiger partial charge in [0.2, 0.25) is 0 Å². The standard InChI is InChI=1S/C18H31ClO4/c1-2-3-15-22-17(20)12-13-18(21)23-16-11-9-7-5-4-6-8-10-14-19/h12-13H,2-11,14-16H2,1H3/b13-12+. The van der Waals surface area contributed by atoms with Crippen molar-refractivity contribution in [3.63, 3.8) is 0 Å². The van der Waals surface area contributed by atoms with Crippen LogP contribution in [0.15, 0.2) is 12.2 Å². The van der Waals surface area contributed by atoms with E-state index in [1.807, 2.05) is 6.92 Å². The first-order valence-electron chi connectivity index (χ1n) is 8.78. The Morgan fingerprint density at radius 2 is 1.17 bits per heavy atom. The van der Waals surface area contributed by atoms with Crippen molar-refractivity contribution in [2.75, 3.05) is 19.1 Å². The van der Waals surface area contributed by atoms with Crippen molar-refractivity contribution in [3.8, 4) is 0 Å². The summed E-state index contributed by atoms with van der Waals surface area (Å²) >= 11 is 5.62. The van der Waals surface area contributed by atoms with Crippen LogP contribution in [-0.4, -0.2) is 31.0 Å². The van der Waals surface area contributed by atoms with E-state index in [2.05, 4.69) is 0 Å². The third kappa shape index (κ3) is 17.2. The van der Waals surface area contributed by atoms with E-state index in [1.165, 1.54) is 25.7 Å². The third-order valence-corrected chi connectivity index (χ3v) is 3.64. The number of carbonyl (C=O) groups is 2. The zero-order valence-corrected chi connectivity index (χ0v) is 15.1. The van der Waals surface area contributed by atoms with Crippen LogP contribution in [0, 0.1) is 0 Å². The molecule has 0 heterocycles. The topological polar surface area (TPSA) is 52.6 Å². The summed E-state index contributed by atoms with van der Waals surface area (Å²) in [4.78, 5) is 22.6. The van der Waals surface area contributed by atoms with Gasteiger partial charge in [-0.25, -0.2) is 9.59 Å². The second-order valence-electron chi connectivity index (χ2n) is 5.54. The second-order valence-corrected chi connectivity index (χ2v) is 5.92. The highest BCUT2D eigenvalue weighted by Crippen LogP contribution is 2.09. The van der Waals surface area contributed by atoms with E-state index in [0.29, 0.717) is 13.2 Å².